The first-order valence-corrected chi connectivity index (χ1v) is 7.64. The van der Waals surface area contributed by atoms with Gasteiger partial charge in [-0.3, -0.25) is 13.2 Å². The van der Waals surface area contributed by atoms with Gasteiger partial charge in [-0.05, 0) is 13.3 Å². The molecule has 9 heteroatoms. The molecule has 0 saturated heterocycles. The minimum Gasteiger partial charge on any atom is -0.392 e. The summed E-state index contributed by atoms with van der Waals surface area (Å²) in [5, 5.41) is 14.7. The molecule has 0 saturated carbocycles. The first-order valence-electron chi connectivity index (χ1n) is 6.30. The number of hydrogen-bond acceptors (Lipinski definition) is 7. The van der Waals surface area contributed by atoms with Crippen molar-refractivity contribution in [2.75, 3.05) is 33.9 Å². The highest BCUT2D eigenvalue weighted by atomic mass is 32.3. The van der Waals surface area contributed by atoms with Gasteiger partial charge in [0.1, 0.15) is 0 Å². The first kappa shape index (κ1) is 21.6. The maximum absolute atomic E-state index is 11.0. The Morgan fingerprint density at radius 2 is 1.80 bits per heavy atom. The number of carbonyl (C=O) groups is 1. The number of aliphatic hydroxyl groups is 1. The number of aliphatic hydroxyl groups excluding tert-OH is 1. The second kappa shape index (κ2) is 13.3. The van der Waals surface area contributed by atoms with Gasteiger partial charge in [-0.25, -0.2) is 0 Å². The molecule has 0 heterocycles. The van der Waals surface area contributed by atoms with Crippen LogP contribution in [0, 0.1) is 0 Å². The van der Waals surface area contributed by atoms with Gasteiger partial charge in [0.2, 0.25) is 5.91 Å². The normalized spacial score (nSPS) is 12.2. The zero-order valence-electron chi connectivity index (χ0n) is 12.5. The van der Waals surface area contributed by atoms with Crippen molar-refractivity contribution in [1.82, 2.24) is 10.6 Å². The summed E-state index contributed by atoms with van der Waals surface area (Å²) >= 11 is 0. The summed E-state index contributed by atoms with van der Waals surface area (Å²) in [7, 11) is -1.60. The fourth-order valence-electron chi connectivity index (χ4n) is 0.985. The van der Waals surface area contributed by atoms with E-state index in [1.165, 1.54) is 0 Å². The Morgan fingerprint density at radius 1 is 1.25 bits per heavy atom. The molecule has 0 rings (SSSR count). The van der Waals surface area contributed by atoms with E-state index in [2.05, 4.69) is 19.0 Å². The Labute approximate surface area is 121 Å². The maximum atomic E-state index is 11.0. The number of carbonyl (C=O) groups excluding carboxylic acids is 1. The molecule has 8 nitrogen and oxygen atoms in total. The number of amides is 1. The molecule has 0 aromatic heterocycles. The lowest BCUT2D eigenvalue weighted by Gasteiger charge is -2.07. The summed E-state index contributed by atoms with van der Waals surface area (Å²) in [5.41, 5.74) is 0. The van der Waals surface area contributed by atoms with E-state index in [1.807, 2.05) is 6.92 Å². The van der Waals surface area contributed by atoms with Crippen LogP contribution in [-0.4, -0.2) is 59.4 Å². The van der Waals surface area contributed by atoms with Crippen LogP contribution in [0.3, 0.4) is 0 Å². The van der Waals surface area contributed by atoms with Gasteiger partial charge in [0, 0.05) is 26.1 Å². The van der Waals surface area contributed by atoms with Gasteiger partial charge in [-0.2, -0.15) is 8.42 Å². The second-order valence-corrected chi connectivity index (χ2v) is 5.38. The Bertz CT molecular complexity index is 322. The average molecular weight is 314 g/mol. The molecule has 0 spiro atoms. The summed E-state index contributed by atoms with van der Waals surface area (Å²) in [6, 6.07) is 0. The predicted molar refractivity (Wildman–Crippen MR) is 75.4 cm³/mol. The van der Waals surface area contributed by atoms with Crippen molar-refractivity contribution in [3.05, 3.63) is 0 Å². The molecule has 20 heavy (non-hydrogen) atoms. The monoisotopic (exact) mass is 314 g/mol. The van der Waals surface area contributed by atoms with Gasteiger partial charge >= 0.3 is 10.4 Å². The SMILES string of the molecule is CCCC(=O)NCCNCC(C)O.COS(=O)(=O)OC. The molecule has 122 valence electrons. The molecule has 0 aliphatic heterocycles. The number of rotatable bonds is 9. The summed E-state index contributed by atoms with van der Waals surface area (Å²) in [4.78, 5) is 11.0. The number of nitrogens with one attached hydrogen (secondary N) is 2. The van der Waals surface area contributed by atoms with Crippen LogP contribution in [0.2, 0.25) is 0 Å². The minimum absolute atomic E-state index is 0.0985. The molecule has 0 fully saturated rings. The van der Waals surface area contributed by atoms with Crippen molar-refractivity contribution in [1.29, 1.82) is 0 Å². The van der Waals surface area contributed by atoms with Crippen LogP contribution < -0.4 is 10.6 Å². The van der Waals surface area contributed by atoms with E-state index in [0.717, 1.165) is 20.6 Å². The Morgan fingerprint density at radius 3 is 2.15 bits per heavy atom. The van der Waals surface area contributed by atoms with Crippen LogP contribution in [0.25, 0.3) is 0 Å². The summed E-state index contributed by atoms with van der Waals surface area (Å²) < 4.78 is 27.5. The molecule has 3 N–H and O–H groups in total. The average Bonchev–Trinajstić information content (AvgIpc) is 2.39. The van der Waals surface area contributed by atoms with Crippen molar-refractivity contribution in [3.8, 4) is 0 Å². The standard InChI is InChI=1S/C9H20N2O2.C2H6O4S/c1-3-4-9(13)11-6-5-10-7-8(2)12;1-5-7(3,4)6-2/h8,10,12H,3-7H2,1-2H3,(H,11,13);1-2H3. The molecule has 0 bridgehead atoms. The highest BCUT2D eigenvalue weighted by Crippen LogP contribution is 1.86. The van der Waals surface area contributed by atoms with Gasteiger partial charge in [-0.1, -0.05) is 6.92 Å². The van der Waals surface area contributed by atoms with Gasteiger partial charge in [0.05, 0.1) is 20.3 Å². The molecule has 0 radical (unpaired) electrons. The van der Waals surface area contributed by atoms with Crippen LogP contribution in [0.1, 0.15) is 26.7 Å². The molecule has 0 aliphatic rings. The van der Waals surface area contributed by atoms with Crippen molar-refractivity contribution in [3.63, 3.8) is 0 Å². The first-order chi connectivity index (χ1) is 9.29. The zero-order chi connectivity index (χ0) is 16.0. The van der Waals surface area contributed by atoms with Crippen molar-refractivity contribution >= 4 is 16.3 Å². The van der Waals surface area contributed by atoms with Crippen LogP contribution in [-0.2, 0) is 23.6 Å². The summed E-state index contributed by atoms with van der Waals surface area (Å²) in [6.45, 7) is 5.61. The van der Waals surface area contributed by atoms with Crippen LogP contribution in [0.15, 0.2) is 0 Å². The fourth-order valence-corrected chi connectivity index (χ4v) is 1.12. The topological polar surface area (TPSA) is 114 Å². The van der Waals surface area contributed by atoms with E-state index in [-0.39, 0.29) is 12.0 Å². The molecule has 0 aromatic carbocycles. The third-order valence-electron chi connectivity index (χ3n) is 1.95. The Kier molecular flexibility index (Phi) is 14.3. The smallest absolute Gasteiger partial charge is 0.392 e. The zero-order valence-corrected chi connectivity index (χ0v) is 13.3. The van der Waals surface area contributed by atoms with E-state index in [4.69, 9.17) is 5.11 Å². The Balaban J connectivity index is 0. The third kappa shape index (κ3) is 17.3. The molecule has 1 atom stereocenters. The minimum atomic E-state index is -3.66. The largest absolute Gasteiger partial charge is 0.399 e. The highest BCUT2D eigenvalue weighted by molar-refractivity contribution is 7.81. The molecular formula is C11H26N2O6S. The van der Waals surface area contributed by atoms with E-state index in [1.54, 1.807) is 6.92 Å². The van der Waals surface area contributed by atoms with Crippen molar-refractivity contribution < 1.29 is 26.7 Å². The molecule has 0 aromatic rings. The van der Waals surface area contributed by atoms with E-state index < -0.39 is 10.4 Å². The third-order valence-corrected chi connectivity index (χ3v) is 2.77. The molecule has 0 aliphatic carbocycles. The molecule has 1 amide bonds. The van der Waals surface area contributed by atoms with E-state index in [9.17, 15) is 13.2 Å². The van der Waals surface area contributed by atoms with Crippen molar-refractivity contribution in [2.24, 2.45) is 0 Å². The summed E-state index contributed by atoms with van der Waals surface area (Å²) in [5.74, 6) is 0.0985. The molecule has 1 unspecified atom stereocenters. The summed E-state index contributed by atoms with van der Waals surface area (Å²) in [6.07, 6.45) is 1.15. The van der Waals surface area contributed by atoms with Crippen LogP contribution in [0.5, 0.6) is 0 Å². The van der Waals surface area contributed by atoms with Crippen LogP contribution >= 0.6 is 0 Å². The lowest BCUT2D eigenvalue weighted by molar-refractivity contribution is -0.121. The van der Waals surface area contributed by atoms with E-state index >= 15 is 0 Å². The van der Waals surface area contributed by atoms with Crippen molar-refractivity contribution in [2.45, 2.75) is 32.8 Å². The van der Waals surface area contributed by atoms with Gasteiger partial charge in [0.25, 0.3) is 0 Å². The molecular weight excluding hydrogens is 288 g/mol. The highest BCUT2D eigenvalue weighted by Gasteiger charge is 2.01. The van der Waals surface area contributed by atoms with E-state index in [0.29, 0.717) is 26.1 Å². The quantitative estimate of drug-likeness (QED) is 0.487. The maximum Gasteiger partial charge on any atom is 0.399 e. The Hall–Kier alpha value is -0.740. The van der Waals surface area contributed by atoms with Gasteiger partial charge in [0.15, 0.2) is 0 Å². The second-order valence-electron chi connectivity index (χ2n) is 3.89. The lowest BCUT2D eigenvalue weighted by Crippen LogP contribution is -2.34. The van der Waals surface area contributed by atoms with Gasteiger partial charge < -0.3 is 15.7 Å². The fraction of sp³-hybridized carbons (Fsp3) is 0.909. The van der Waals surface area contributed by atoms with Gasteiger partial charge in [-0.15, -0.1) is 0 Å². The number of hydrogen-bond donors (Lipinski definition) is 3. The van der Waals surface area contributed by atoms with Crippen LogP contribution in [0.4, 0.5) is 0 Å². The predicted octanol–water partition coefficient (Wildman–Crippen LogP) is -0.603. The lowest BCUT2D eigenvalue weighted by atomic mass is 10.3.